The standard InChI is InChI=1S/C28H37N3O3/c1-20(2)18-33-19-24(32)16-31(23-13-14-23)17-26-27(22-10-6-5-7-11-22)29-30(4)28(26)34-25-12-8-9-21(3)15-25/h5-12,15,20,23-24,32H,13-14,16-19H2,1-4H3. The molecule has 1 saturated carbocycles. The maximum absolute atomic E-state index is 10.7. The summed E-state index contributed by atoms with van der Waals surface area (Å²) in [5.74, 6) is 1.99. The summed E-state index contributed by atoms with van der Waals surface area (Å²) in [5.41, 5.74) is 4.16. The van der Waals surface area contributed by atoms with Crippen LogP contribution in [0.5, 0.6) is 11.6 Å². The van der Waals surface area contributed by atoms with Crippen molar-refractivity contribution in [1.82, 2.24) is 14.7 Å². The highest BCUT2D eigenvalue weighted by Gasteiger charge is 2.33. The second kappa shape index (κ2) is 11.2. The van der Waals surface area contributed by atoms with Gasteiger partial charge >= 0.3 is 0 Å². The van der Waals surface area contributed by atoms with Crippen LogP contribution in [0, 0.1) is 12.8 Å². The Morgan fingerprint density at radius 2 is 1.85 bits per heavy atom. The lowest BCUT2D eigenvalue weighted by atomic mass is 10.1. The predicted octanol–water partition coefficient (Wildman–Crippen LogP) is 5.19. The van der Waals surface area contributed by atoms with Gasteiger partial charge in [0.1, 0.15) is 11.4 Å². The van der Waals surface area contributed by atoms with E-state index < -0.39 is 6.10 Å². The summed E-state index contributed by atoms with van der Waals surface area (Å²) in [6.45, 7) is 8.53. The van der Waals surface area contributed by atoms with E-state index in [1.807, 2.05) is 48.1 Å². The van der Waals surface area contributed by atoms with Crippen molar-refractivity contribution in [2.45, 2.75) is 52.3 Å². The summed E-state index contributed by atoms with van der Waals surface area (Å²) < 4.78 is 13.9. The minimum absolute atomic E-state index is 0.354. The quantitative estimate of drug-likeness (QED) is 0.401. The Kier molecular flexibility index (Phi) is 8.03. The van der Waals surface area contributed by atoms with E-state index in [1.165, 1.54) is 0 Å². The average Bonchev–Trinajstić information content (AvgIpc) is 3.60. The molecule has 2 aromatic carbocycles. The van der Waals surface area contributed by atoms with Gasteiger partial charge in [-0.3, -0.25) is 4.90 Å². The number of aryl methyl sites for hydroxylation is 2. The number of nitrogens with zero attached hydrogens (tertiary/aromatic N) is 3. The molecule has 182 valence electrons. The monoisotopic (exact) mass is 463 g/mol. The second-order valence-corrected chi connectivity index (χ2v) is 9.79. The van der Waals surface area contributed by atoms with Gasteiger partial charge in [0.25, 0.3) is 0 Å². The molecule has 3 aromatic rings. The van der Waals surface area contributed by atoms with E-state index in [2.05, 4.69) is 43.9 Å². The molecular formula is C28H37N3O3. The number of hydrogen-bond acceptors (Lipinski definition) is 5. The van der Waals surface area contributed by atoms with Crippen LogP contribution in [0.15, 0.2) is 54.6 Å². The normalized spacial score (nSPS) is 14.7. The van der Waals surface area contributed by atoms with Crippen LogP contribution in [-0.4, -0.2) is 51.7 Å². The third-order valence-corrected chi connectivity index (χ3v) is 5.97. The SMILES string of the molecule is Cc1cccc(Oc2c(CN(CC(O)COCC(C)C)C3CC3)c(-c3ccccc3)nn2C)c1. The molecule has 1 atom stereocenters. The lowest BCUT2D eigenvalue weighted by Crippen LogP contribution is -2.36. The fourth-order valence-corrected chi connectivity index (χ4v) is 4.19. The Balaban J connectivity index is 1.61. The Morgan fingerprint density at radius 3 is 2.53 bits per heavy atom. The summed E-state index contributed by atoms with van der Waals surface area (Å²) in [4.78, 5) is 2.36. The van der Waals surface area contributed by atoms with Gasteiger partial charge in [0, 0.05) is 38.3 Å². The molecule has 0 radical (unpaired) electrons. The van der Waals surface area contributed by atoms with Gasteiger partial charge in [0.15, 0.2) is 0 Å². The molecule has 1 heterocycles. The fraction of sp³-hybridized carbons (Fsp3) is 0.464. The van der Waals surface area contributed by atoms with Crippen molar-refractivity contribution in [3.05, 3.63) is 65.7 Å². The average molecular weight is 464 g/mol. The molecule has 0 spiro atoms. The van der Waals surface area contributed by atoms with E-state index in [0.29, 0.717) is 38.3 Å². The molecule has 34 heavy (non-hydrogen) atoms. The van der Waals surface area contributed by atoms with Crippen molar-refractivity contribution in [3.8, 4) is 22.9 Å². The van der Waals surface area contributed by atoms with Crippen LogP contribution < -0.4 is 4.74 Å². The minimum Gasteiger partial charge on any atom is -0.439 e. The first-order chi connectivity index (χ1) is 16.4. The van der Waals surface area contributed by atoms with Crippen LogP contribution in [0.2, 0.25) is 0 Å². The smallest absolute Gasteiger partial charge is 0.222 e. The number of ether oxygens (including phenoxy) is 2. The van der Waals surface area contributed by atoms with E-state index in [4.69, 9.17) is 14.6 Å². The molecular weight excluding hydrogens is 426 g/mol. The minimum atomic E-state index is -0.530. The number of aliphatic hydroxyl groups is 1. The molecule has 0 amide bonds. The van der Waals surface area contributed by atoms with Crippen LogP contribution in [-0.2, 0) is 18.3 Å². The van der Waals surface area contributed by atoms with Gasteiger partial charge in [-0.1, -0.05) is 56.3 Å². The molecule has 6 nitrogen and oxygen atoms in total. The third kappa shape index (κ3) is 6.47. The maximum Gasteiger partial charge on any atom is 0.222 e. The number of hydrogen-bond donors (Lipinski definition) is 1. The van der Waals surface area contributed by atoms with Crippen LogP contribution >= 0.6 is 0 Å². The van der Waals surface area contributed by atoms with Gasteiger partial charge in [-0.05, 0) is 43.4 Å². The first kappa shape index (κ1) is 24.5. The third-order valence-electron chi connectivity index (χ3n) is 5.97. The van der Waals surface area contributed by atoms with Crippen molar-refractivity contribution in [1.29, 1.82) is 0 Å². The second-order valence-electron chi connectivity index (χ2n) is 9.79. The summed E-state index contributed by atoms with van der Waals surface area (Å²) in [7, 11) is 1.93. The number of benzene rings is 2. The van der Waals surface area contributed by atoms with Gasteiger partial charge in [0.05, 0.1) is 18.3 Å². The maximum atomic E-state index is 10.7. The molecule has 0 bridgehead atoms. The Labute approximate surface area is 203 Å². The molecule has 0 saturated heterocycles. The molecule has 4 rings (SSSR count). The van der Waals surface area contributed by atoms with Crippen molar-refractivity contribution in [3.63, 3.8) is 0 Å². The first-order valence-electron chi connectivity index (χ1n) is 12.3. The molecule has 1 N–H and O–H groups in total. The topological polar surface area (TPSA) is 59.8 Å². The highest BCUT2D eigenvalue weighted by Crippen LogP contribution is 2.37. The van der Waals surface area contributed by atoms with Crippen molar-refractivity contribution in [2.75, 3.05) is 19.8 Å². The largest absolute Gasteiger partial charge is 0.439 e. The van der Waals surface area contributed by atoms with E-state index in [0.717, 1.165) is 46.9 Å². The van der Waals surface area contributed by atoms with Gasteiger partial charge in [-0.15, -0.1) is 0 Å². The summed E-state index contributed by atoms with van der Waals surface area (Å²) in [5, 5.41) is 15.6. The van der Waals surface area contributed by atoms with Gasteiger partial charge < -0.3 is 14.6 Å². The number of rotatable bonds is 12. The number of aliphatic hydroxyl groups excluding tert-OH is 1. The zero-order chi connectivity index (χ0) is 24.1. The highest BCUT2D eigenvalue weighted by atomic mass is 16.5. The van der Waals surface area contributed by atoms with Crippen LogP contribution in [0.1, 0.15) is 37.8 Å². The highest BCUT2D eigenvalue weighted by molar-refractivity contribution is 5.65. The lowest BCUT2D eigenvalue weighted by Gasteiger charge is -2.25. The van der Waals surface area contributed by atoms with Gasteiger partial charge in [-0.2, -0.15) is 5.10 Å². The van der Waals surface area contributed by atoms with Crippen molar-refractivity contribution >= 4 is 0 Å². The molecule has 1 unspecified atom stereocenters. The zero-order valence-electron chi connectivity index (χ0n) is 20.8. The molecule has 1 aromatic heterocycles. The molecule has 0 aliphatic heterocycles. The van der Waals surface area contributed by atoms with Crippen LogP contribution in [0.4, 0.5) is 0 Å². The van der Waals surface area contributed by atoms with Crippen molar-refractivity contribution < 1.29 is 14.6 Å². The van der Waals surface area contributed by atoms with Crippen molar-refractivity contribution in [2.24, 2.45) is 13.0 Å². The number of aromatic nitrogens is 2. The summed E-state index contributed by atoms with van der Waals surface area (Å²) in [6.07, 6.45) is 1.76. The van der Waals surface area contributed by atoms with E-state index in [-0.39, 0.29) is 0 Å². The molecule has 6 heteroatoms. The Bertz CT molecular complexity index is 1060. The predicted molar refractivity (Wildman–Crippen MR) is 135 cm³/mol. The fourth-order valence-electron chi connectivity index (χ4n) is 4.19. The van der Waals surface area contributed by atoms with E-state index in [9.17, 15) is 5.11 Å². The summed E-state index contributed by atoms with van der Waals surface area (Å²) in [6, 6.07) is 18.8. The molecule has 1 aliphatic rings. The van der Waals surface area contributed by atoms with Gasteiger partial charge in [-0.25, -0.2) is 4.68 Å². The van der Waals surface area contributed by atoms with Gasteiger partial charge in [0.2, 0.25) is 5.88 Å². The zero-order valence-corrected chi connectivity index (χ0v) is 20.8. The van der Waals surface area contributed by atoms with E-state index in [1.54, 1.807) is 0 Å². The van der Waals surface area contributed by atoms with E-state index >= 15 is 0 Å². The Hall–Kier alpha value is -2.67. The molecule has 1 fully saturated rings. The molecule has 1 aliphatic carbocycles. The van der Waals surface area contributed by atoms with Crippen LogP contribution in [0.25, 0.3) is 11.3 Å². The Morgan fingerprint density at radius 1 is 1.09 bits per heavy atom. The lowest BCUT2D eigenvalue weighted by molar-refractivity contribution is 0.00541. The summed E-state index contributed by atoms with van der Waals surface area (Å²) >= 11 is 0. The first-order valence-corrected chi connectivity index (χ1v) is 12.3. The van der Waals surface area contributed by atoms with Crippen LogP contribution in [0.3, 0.4) is 0 Å².